The number of piperidine rings is 1. The van der Waals surface area contributed by atoms with Gasteiger partial charge in [0.2, 0.25) is 0 Å². The van der Waals surface area contributed by atoms with E-state index in [4.69, 9.17) is 0 Å². The van der Waals surface area contributed by atoms with Gasteiger partial charge >= 0.3 is 0 Å². The normalized spacial score (nSPS) is 19.9. The molecule has 3 rings (SSSR count). The number of nitrogens with zero attached hydrogens (tertiary/aromatic N) is 3. The Labute approximate surface area is 107 Å². The van der Waals surface area contributed by atoms with Gasteiger partial charge in [0.05, 0.1) is 11.7 Å². The van der Waals surface area contributed by atoms with Gasteiger partial charge < -0.3 is 5.32 Å². The van der Waals surface area contributed by atoms with Crippen molar-refractivity contribution in [1.29, 1.82) is 0 Å². The smallest absolute Gasteiger partial charge is 0.0870 e. The zero-order valence-corrected chi connectivity index (χ0v) is 10.4. The molecule has 1 aromatic heterocycles. The van der Waals surface area contributed by atoms with Crippen molar-refractivity contribution >= 4 is 0 Å². The molecule has 2 aromatic rings. The molecule has 1 saturated heterocycles. The molecule has 18 heavy (non-hydrogen) atoms. The lowest BCUT2D eigenvalue weighted by molar-refractivity contribution is 0.341. The van der Waals surface area contributed by atoms with Crippen LogP contribution in [0, 0.1) is 0 Å². The molecule has 1 atom stereocenters. The maximum Gasteiger partial charge on any atom is 0.0870 e. The second kappa shape index (κ2) is 5.31. The average molecular weight is 242 g/mol. The van der Waals surface area contributed by atoms with E-state index >= 15 is 0 Å². The summed E-state index contributed by atoms with van der Waals surface area (Å²) in [5, 5.41) is 11.9. The number of benzene rings is 1. The second-order valence-electron chi connectivity index (χ2n) is 4.85. The number of aromatic nitrogens is 3. The summed E-state index contributed by atoms with van der Waals surface area (Å²) in [6, 6.07) is 10.9. The highest BCUT2D eigenvalue weighted by molar-refractivity contribution is 5.19. The van der Waals surface area contributed by atoms with Crippen molar-refractivity contribution in [3.63, 3.8) is 0 Å². The van der Waals surface area contributed by atoms with E-state index in [0.717, 1.165) is 25.2 Å². The number of nitrogens with one attached hydrogen (secondary N) is 1. The Bertz CT molecular complexity index is 486. The van der Waals surface area contributed by atoms with Gasteiger partial charge in [-0.1, -0.05) is 35.5 Å². The highest BCUT2D eigenvalue weighted by Crippen LogP contribution is 2.16. The van der Waals surface area contributed by atoms with Gasteiger partial charge in [0, 0.05) is 19.2 Å². The molecule has 1 aliphatic rings. The largest absolute Gasteiger partial charge is 0.315 e. The van der Waals surface area contributed by atoms with Crippen LogP contribution in [0.15, 0.2) is 36.5 Å². The highest BCUT2D eigenvalue weighted by Gasteiger charge is 2.16. The van der Waals surface area contributed by atoms with E-state index in [0.29, 0.717) is 6.04 Å². The Balaban J connectivity index is 1.69. The first-order chi connectivity index (χ1) is 8.92. The molecule has 1 aliphatic heterocycles. The fraction of sp³-hybridized carbons (Fsp3) is 0.429. The van der Waals surface area contributed by atoms with Crippen molar-refractivity contribution in [3.8, 4) is 0 Å². The highest BCUT2D eigenvalue weighted by atomic mass is 15.4. The third kappa shape index (κ3) is 2.59. The molecule has 0 amide bonds. The van der Waals surface area contributed by atoms with Crippen LogP contribution in [0.25, 0.3) is 0 Å². The van der Waals surface area contributed by atoms with Gasteiger partial charge in [0.25, 0.3) is 0 Å². The molecule has 1 fully saturated rings. The van der Waals surface area contributed by atoms with Crippen molar-refractivity contribution in [2.24, 2.45) is 0 Å². The summed E-state index contributed by atoms with van der Waals surface area (Å²) in [5.41, 5.74) is 2.33. The summed E-state index contributed by atoms with van der Waals surface area (Å²) in [5.74, 6) is 0. The molecule has 1 unspecified atom stereocenters. The molecule has 4 heteroatoms. The lowest BCUT2D eigenvalue weighted by Crippen LogP contribution is -2.31. The van der Waals surface area contributed by atoms with Gasteiger partial charge in [-0.05, 0) is 24.9 Å². The van der Waals surface area contributed by atoms with E-state index in [1.807, 2.05) is 10.7 Å². The first kappa shape index (κ1) is 11.4. The van der Waals surface area contributed by atoms with Crippen molar-refractivity contribution < 1.29 is 0 Å². The standard InChI is InChI=1S/C14H18N4/c1-2-5-12(6-3-1)9-13-11-18(17-16-13)14-7-4-8-15-10-14/h1-3,5-6,11,14-15H,4,7-10H2. The average Bonchev–Trinajstić information content (AvgIpc) is 2.89. The third-order valence-electron chi connectivity index (χ3n) is 3.43. The molecule has 2 heterocycles. The fourth-order valence-corrected chi connectivity index (χ4v) is 2.44. The molecule has 94 valence electrons. The van der Waals surface area contributed by atoms with Crippen LogP contribution in [0.2, 0.25) is 0 Å². The quantitative estimate of drug-likeness (QED) is 0.892. The van der Waals surface area contributed by atoms with Crippen LogP contribution in [0.3, 0.4) is 0 Å². The zero-order valence-electron chi connectivity index (χ0n) is 10.4. The number of rotatable bonds is 3. The molecule has 0 aliphatic carbocycles. The summed E-state index contributed by atoms with van der Waals surface area (Å²) in [6.45, 7) is 2.14. The van der Waals surface area contributed by atoms with Crippen molar-refractivity contribution in [2.45, 2.75) is 25.3 Å². The SMILES string of the molecule is c1ccc(Cc2cn(C3CCCNC3)nn2)cc1. The van der Waals surface area contributed by atoms with Crippen LogP contribution < -0.4 is 5.32 Å². The summed E-state index contributed by atoms with van der Waals surface area (Å²) in [6.07, 6.45) is 5.37. The zero-order chi connectivity index (χ0) is 12.2. The molecule has 0 saturated carbocycles. The Morgan fingerprint density at radius 3 is 2.94 bits per heavy atom. The van der Waals surface area contributed by atoms with Crippen LogP contribution in [0.4, 0.5) is 0 Å². The summed E-state index contributed by atoms with van der Waals surface area (Å²) >= 11 is 0. The van der Waals surface area contributed by atoms with E-state index < -0.39 is 0 Å². The molecule has 0 radical (unpaired) electrons. The third-order valence-corrected chi connectivity index (χ3v) is 3.43. The van der Waals surface area contributed by atoms with E-state index in [1.165, 1.54) is 18.4 Å². The lowest BCUT2D eigenvalue weighted by Gasteiger charge is -2.22. The Morgan fingerprint density at radius 2 is 2.17 bits per heavy atom. The van der Waals surface area contributed by atoms with Gasteiger partial charge in [-0.2, -0.15) is 0 Å². The van der Waals surface area contributed by atoms with Crippen LogP contribution in [0.5, 0.6) is 0 Å². The predicted octanol–water partition coefficient (Wildman–Crippen LogP) is 1.79. The Kier molecular flexibility index (Phi) is 3.37. The van der Waals surface area contributed by atoms with E-state index in [1.54, 1.807) is 0 Å². The monoisotopic (exact) mass is 242 g/mol. The molecule has 0 spiro atoms. The van der Waals surface area contributed by atoms with Crippen LogP contribution in [-0.4, -0.2) is 28.1 Å². The Hall–Kier alpha value is -1.68. The number of hydrogen-bond donors (Lipinski definition) is 1. The minimum Gasteiger partial charge on any atom is -0.315 e. The van der Waals surface area contributed by atoms with Crippen molar-refractivity contribution in [1.82, 2.24) is 20.3 Å². The second-order valence-corrected chi connectivity index (χ2v) is 4.85. The lowest BCUT2D eigenvalue weighted by atomic mass is 10.1. The maximum absolute atomic E-state index is 4.27. The van der Waals surface area contributed by atoms with E-state index in [-0.39, 0.29) is 0 Å². The predicted molar refractivity (Wildman–Crippen MR) is 70.4 cm³/mol. The van der Waals surface area contributed by atoms with Gasteiger partial charge in [0.1, 0.15) is 0 Å². The maximum atomic E-state index is 4.27. The molecule has 1 N–H and O–H groups in total. The molecule has 4 nitrogen and oxygen atoms in total. The van der Waals surface area contributed by atoms with Gasteiger partial charge in [-0.15, -0.1) is 5.10 Å². The van der Waals surface area contributed by atoms with E-state index in [2.05, 4.69) is 46.1 Å². The van der Waals surface area contributed by atoms with Crippen molar-refractivity contribution in [2.75, 3.05) is 13.1 Å². The topological polar surface area (TPSA) is 42.7 Å². The summed E-state index contributed by atoms with van der Waals surface area (Å²) < 4.78 is 2.02. The van der Waals surface area contributed by atoms with Crippen LogP contribution >= 0.6 is 0 Å². The van der Waals surface area contributed by atoms with E-state index in [9.17, 15) is 0 Å². The minimum absolute atomic E-state index is 0.468. The molecular formula is C14H18N4. The molecule has 0 bridgehead atoms. The van der Waals surface area contributed by atoms with Crippen LogP contribution in [-0.2, 0) is 6.42 Å². The van der Waals surface area contributed by atoms with Crippen molar-refractivity contribution in [3.05, 3.63) is 47.8 Å². The van der Waals surface area contributed by atoms with Gasteiger partial charge in [0.15, 0.2) is 0 Å². The summed E-state index contributed by atoms with van der Waals surface area (Å²) in [4.78, 5) is 0. The summed E-state index contributed by atoms with van der Waals surface area (Å²) in [7, 11) is 0. The molecule has 1 aromatic carbocycles. The Morgan fingerprint density at radius 1 is 1.28 bits per heavy atom. The first-order valence-corrected chi connectivity index (χ1v) is 6.57. The first-order valence-electron chi connectivity index (χ1n) is 6.57. The number of hydrogen-bond acceptors (Lipinski definition) is 3. The molecular weight excluding hydrogens is 224 g/mol. The van der Waals surface area contributed by atoms with Gasteiger partial charge in [-0.3, -0.25) is 0 Å². The van der Waals surface area contributed by atoms with Gasteiger partial charge in [-0.25, -0.2) is 4.68 Å². The minimum atomic E-state index is 0.468. The fourth-order valence-electron chi connectivity index (χ4n) is 2.44. The van der Waals surface area contributed by atoms with Crippen LogP contribution in [0.1, 0.15) is 30.1 Å².